The fourth-order valence-electron chi connectivity index (χ4n) is 3.66. The van der Waals surface area contributed by atoms with Gasteiger partial charge in [0.2, 0.25) is 11.7 Å². The van der Waals surface area contributed by atoms with Gasteiger partial charge in [0.1, 0.15) is 24.1 Å². The Morgan fingerprint density at radius 2 is 2.03 bits per heavy atom. The van der Waals surface area contributed by atoms with Gasteiger partial charge in [-0.05, 0) is 28.1 Å². The molecular formula is C22H36BrClN2O7. The van der Waals surface area contributed by atoms with Gasteiger partial charge in [-0.25, -0.2) is 0 Å². The summed E-state index contributed by atoms with van der Waals surface area (Å²) in [7, 11) is 0. The molecule has 6 N–H and O–H groups in total. The molecule has 0 aliphatic carbocycles. The van der Waals surface area contributed by atoms with E-state index in [-0.39, 0.29) is 28.7 Å². The Kier molecular flexibility index (Phi) is 11.8. The number of fused-ring (bicyclic) bond motifs is 1. The van der Waals surface area contributed by atoms with Crippen molar-refractivity contribution in [3.05, 3.63) is 27.8 Å². The molecule has 190 valence electrons. The molecule has 2 heterocycles. The molecule has 1 aromatic heterocycles. The van der Waals surface area contributed by atoms with E-state index in [2.05, 4.69) is 26.2 Å². The lowest BCUT2D eigenvalue weighted by Crippen LogP contribution is -2.66. The van der Waals surface area contributed by atoms with Gasteiger partial charge >= 0.3 is 0 Å². The molecule has 3 rings (SSSR count). The average Bonchev–Trinajstić information content (AvgIpc) is 3.08. The van der Waals surface area contributed by atoms with E-state index in [1.54, 1.807) is 19.2 Å². The summed E-state index contributed by atoms with van der Waals surface area (Å²) in [6, 6.07) is 2.58. The van der Waals surface area contributed by atoms with Crippen LogP contribution in [-0.2, 0) is 9.53 Å². The van der Waals surface area contributed by atoms with Crippen LogP contribution >= 0.6 is 27.5 Å². The molecule has 11 heteroatoms. The minimum atomic E-state index is -1.59. The Labute approximate surface area is 208 Å². The number of aromatic amines is 1. The Hall–Kier alpha value is -1.40. The van der Waals surface area contributed by atoms with E-state index in [1.807, 2.05) is 6.07 Å². The molecule has 9 nitrogen and oxygen atoms in total. The number of hydrogen-bond donors (Lipinski definition) is 6. The number of H-pyrrole nitrogens is 1. The van der Waals surface area contributed by atoms with Gasteiger partial charge in [-0.1, -0.05) is 33.9 Å². The van der Waals surface area contributed by atoms with Crippen molar-refractivity contribution in [3.8, 4) is 5.75 Å². The number of hydrogen-bond acceptors (Lipinski definition) is 7. The quantitative estimate of drug-likeness (QED) is 0.321. The summed E-state index contributed by atoms with van der Waals surface area (Å²) in [6.07, 6.45) is -4.00. The molecule has 33 heavy (non-hydrogen) atoms. The molecule has 0 spiro atoms. The maximum Gasteiger partial charge on any atom is 0.217 e. The van der Waals surface area contributed by atoms with E-state index < -0.39 is 48.8 Å². The predicted molar refractivity (Wildman–Crippen MR) is 132 cm³/mol. The number of aliphatic hydroxyl groups excluding tert-OH is 4. The van der Waals surface area contributed by atoms with Crippen molar-refractivity contribution in [1.82, 2.24) is 10.3 Å². The number of rotatable bonds is 6. The van der Waals surface area contributed by atoms with Gasteiger partial charge in [-0.3, -0.25) is 4.79 Å². The minimum Gasteiger partial charge on any atom is -0.460 e. The molecule has 2 aromatic rings. The summed E-state index contributed by atoms with van der Waals surface area (Å²) in [4.78, 5) is 14.6. The monoisotopic (exact) mass is 554 g/mol. The van der Waals surface area contributed by atoms with Gasteiger partial charge in [0.25, 0.3) is 0 Å². The van der Waals surface area contributed by atoms with E-state index in [4.69, 9.17) is 21.1 Å². The molecule has 6 atom stereocenters. The number of carbonyl (C=O) groups excluding carboxylic acids is 1. The van der Waals surface area contributed by atoms with Crippen LogP contribution in [0.25, 0.3) is 10.9 Å². The van der Waals surface area contributed by atoms with Crippen LogP contribution in [0.4, 0.5) is 0 Å². The number of benzene rings is 1. The van der Waals surface area contributed by atoms with E-state index in [0.29, 0.717) is 20.6 Å². The zero-order chi connectivity index (χ0) is 22.2. The van der Waals surface area contributed by atoms with Crippen molar-refractivity contribution in [2.45, 2.75) is 78.8 Å². The number of nitrogens with one attached hydrogen (secondary N) is 2. The third-order valence-corrected chi connectivity index (χ3v) is 6.33. The van der Waals surface area contributed by atoms with Crippen molar-refractivity contribution < 1.29 is 34.7 Å². The highest BCUT2D eigenvalue weighted by Gasteiger charge is 2.50. The lowest BCUT2D eigenvalue weighted by atomic mass is 9.89. The van der Waals surface area contributed by atoms with Gasteiger partial charge in [-0.2, -0.15) is 0 Å². The second-order valence-corrected chi connectivity index (χ2v) is 8.73. The van der Waals surface area contributed by atoms with Crippen LogP contribution < -0.4 is 10.1 Å². The minimum absolute atomic E-state index is 0. The number of amides is 1. The van der Waals surface area contributed by atoms with E-state index in [0.717, 1.165) is 5.52 Å². The van der Waals surface area contributed by atoms with E-state index in [1.165, 1.54) is 6.92 Å². The van der Waals surface area contributed by atoms with Gasteiger partial charge in [-0.15, -0.1) is 0 Å². The lowest BCUT2D eigenvalue weighted by Gasteiger charge is -2.47. The molecule has 1 aliphatic heterocycles. The summed E-state index contributed by atoms with van der Waals surface area (Å²) >= 11 is 9.77. The number of aliphatic hydroxyl groups is 4. The SMILES string of the molecule is C.C.C.CC(=O)N[C@H]1C([C@H](O)[C@H](O)CO)O[C@](C)(Oc2c[nH]c3ccc(Br)c(Cl)c23)C[C@H]1O. The maximum absolute atomic E-state index is 11.6. The van der Waals surface area contributed by atoms with Crippen LogP contribution in [0, 0.1) is 0 Å². The number of halogens is 2. The summed E-state index contributed by atoms with van der Waals surface area (Å²) in [5.41, 5.74) is 0.724. The molecular weight excluding hydrogens is 520 g/mol. The highest BCUT2D eigenvalue weighted by molar-refractivity contribution is 9.10. The fourth-order valence-corrected chi connectivity index (χ4v) is 4.25. The molecule has 1 fully saturated rings. The Balaban J connectivity index is 0.00000341. The molecule has 1 saturated heterocycles. The topological polar surface area (TPSA) is 144 Å². The Morgan fingerprint density at radius 3 is 2.61 bits per heavy atom. The lowest BCUT2D eigenvalue weighted by molar-refractivity contribution is -0.280. The number of aromatic nitrogens is 1. The van der Waals surface area contributed by atoms with Crippen LogP contribution in [-0.4, -0.2) is 74.2 Å². The van der Waals surface area contributed by atoms with Crippen molar-refractivity contribution >= 4 is 44.3 Å². The summed E-state index contributed by atoms with van der Waals surface area (Å²) < 4.78 is 12.7. The molecule has 1 aromatic carbocycles. The van der Waals surface area contributed by atoms with Crippen LogP contribution in [0.3, 0.4) is 0 Å². The molecule has 0 bridgehead atoms. The van der Waals surface area contributed by atoms with Crippen LogP contribution in [0.5, 0.6) is 5.75 Å². The van der Waals surface area contributed by atoms with E-state index in [9.17, 15) is 25.2 Å². The zero-order valence-electron chi connectivity index (χ0n) is 16.3. The molecule has 0 saturated carbocycles. The first-order valence-corrected chi connectivity index (χ1v) is 10.5. The number of ether oxygens (including phenoxy) is 2. The molecule has 1 unspecified atom stereocenters. The highest BCUT2D eigenvalue weighted by atomic mass is 79.9. The summed E-state index contributed by atoms with van der Waals surface area (Å²) in [6.45, 7) is 2.10. The number of carbonyl (C=O) groups is 1. The standard InChI is InChI=1S/C19H24BrClN2O7.3CH4/c1-8(25)23-16-11(26)5-19(2,30-18(16)17(28)12(27)7-24)29-13-6-22-10-4-3-9(20)15(21)14(10)13;;;/h3-4,6,11-12,16-18,22,24,26-28H,5,7H2,1-2H3,(H,23,25);3*1H4/t11-,12-,16-,17-,18?,19+;;;/m1.../s1. The van der Waals surface area contributed by atoms with Gasteiger partial charge in [0.15, 0.2) is 0 Å². The summed E-state index contributed by atoms with van der Waals surface area (Å²) in [5, 5.41) is 43.8. The highest BCUT2D eigenvalue weighted by Crippen LogP contribution is 2.41. The van der Waals surface area contributed by atoms with Crippen molar-refractivity contribution in [3.63, 3.8) is 0 Å². The Morgan fingerprint density at radius 1 is 1.39 bits per heavy atom. The first-order chi connectivity index (χ1) is 14.1. The smallest absolute Gasteiger partial charge is 0.217 e. The third kappa shape index (κ3) is 6.60. The van der Waals surface area contributed by atoms with Crippen molar-refractivity contribution in [2.24, 2.45) is 0 Å². The summed E-state index contributed by atoms with van der Waals surface area (Å²) in [5.74, 6) is -1.52. The van der Waals surface area contributed by atoms with Crippen LogP contribution in [0.1, 0.15) is 42.5 Å². The zero-order valence-corrected chi connectivity index (χ0v) is 18.6. The molecule has 1 amide bonds. The van der Waals surface area contributed by atoms with Gasteiger partial charge < -0.3 is 40.2 Å². The normalized spacial score (nSPS) is 26.2. The van der Waals surface area contributed by atoms with Crippen LogP contribution in [0.2, 0.25) is 5.02 Å². The third-order valence-electron chi connectivity index (χ3n) is 5.05. The van der Waals surface area contributed by atoms with Crippen molar-refractivity contribution in [1.29, 1.82) is 0 Å². The first-order valence-electron chi connectivity index (χ1n) is 9.30. The van der Waals surface area contributed by atoms with Crippen molar-refractivity contribution in [2.75, 3.05) is 6.61 Å². The molecule has 0 radical (unpaired) electrons. The maximum atomic E-state index is 11.6. The molecule has 1 aliphatic rings. The average molecular weight is 556 g/mol. The largest absolute Gasteiger partial charge is 0.460 e. The van der Waals surface area contributed by atoms with Crippen LogP contribution in [0.15, 0.2) is 22.8 Å². The Bertz CT molecular complexity index is 928. The first kappa shape index (κ1) is 31.6. The fraction of sp³-hybridized carbons (Fsp3) is 0.591. The predicted octanol–water partition coefficient (Wildman–Crippen LogP) is 2.96. The van der Waals surface area contributed by atoms with Gasteiger partial charge in [0.05, 0.1) is 34.7 Å². The van der Waals surface area contributed by atoms with E-state index >= 15 is 0 Å². The second-order valence-electron chi connectivity index (χ2n) is 7.49. The van der Waals surface area contributed by atoms with Gasteiger partial charge in [0, 0.05) is 30.9 Å². The second kappa shape index (κ2) is 12.3.